The molecule has 0 N–H and O–H groups in total. The van der Waals surface area contributed by atoms with Crippen molar-refractivity contribution in [3.8, 4) is 49.8 Å². The molecule has 0 spiro atoms. The highest BCUT2D eigenvalue weighted by atomic mass is 32.1. The van der Waals surface area contributed by atoms with Crippen molar-refractivity contribution < 1.29 is 0 Å². The third-order valence-electron chi connectivity index (χ3n) is 13.6. The number of hydrogen-bond acceptors (Lipinski definition) is 1. The topological polar surface area (TPSA) is 14.8 Å². The zero-order chi connectivity index (χ0) is 43.3. The number of rotatable bonds is 6. The van der Waals surface area contributed by atoms with Crippen LogP contribution < -0.4 is 0 Å². The van der Waals surface area contributed by atoms with Crippen LogP contribution in [-0.2, 0) is 0 Å². The Morgan fingerprint density at radius 1 is 0.242 bits per heavy atom. The Balaban J connectivity index is 0.950. The van der Waals surface area contributed by atoms with Gasteiger partial charge in [-0.05, 0) is 142 Å². The number of thiophene rings is 1. The van der Waals surface area contributed by atoms with Gasteiger partial charge in [0, 0.05) is 59.0 Å². The lowest BCUT2D eigenvalue weighted by Crippen LogP contribution is -1.94. The number of hydrogen-bond donors (Lipinski definition) is 0. The van der Waals surface area contributed by atoms with Gasteiger partial charge >= 0.3 is 0 Å². The van der Waals surface area contributed by atoms with Crippen LogP contribution in [0.3, 0.4) is 0 Å². The first-order valence-electron chi connectivity index (χ1n) is 22.6. The second-order valence-corrected chi connectivity index (χ2v) is 18.4. The standard InChI is InChI=1S/C62H39N3S/c1-3-14-46(15-4-1)63-55-20-10-8-18-49(55)51-35-41(25-31-57(51)63)43-27-33-59-53(37-43)54-38-44(42-26-32-58-52(36-42)50-19-9-11-21-56(50)64(58)47-16-5-2-6-17-47)28-34-60(54)65(59)48-29-23-40(24-30-48)62-39-45-13-7-12-22-61(45)66-62/h1-39H. The highest BCUT2D eigenvalue weighted by Gasteiger charge is 2.19. The van der Waals surface area contributed by atoms with E-state index in [0.717, 1.165) is 5.69 Å². The maximum Gasteiger partial charge on any atom is 0.0541 e. The zero-order valence-corrected chi connectivity index (χ0v) is 36.6. The normalized spacial score (nSPS) is 11.9. The van der Waals surface area contributed by atoms with E-state index in [2.05, 4.69) is 250 Å². The smallest absolute Gasteiger partial charge is 0.0541 e. The van der Waals surface area contributed by atoms with E-state index in [1.54, 1.807) is 0 Å². The monoisotopic (exact) mass is 857 g/mol. The molecule has 10 aromatic carbocycles. The Kier molecular flexibility index (Phi) is 8.15. The minimum atomic E-state index is 1.14. The van der Waals surface area contributed by atoms with Gasteiger partial charge in [-0.3, -0.25) is 0 Å². The van der Waals surface area contributed by atoms with Gasteiger partial charge in [0.1, 0.15) is 0 Å². The molecule has 4 heteroatoms. The van der Waals surface area contributed by atoms with E-state index in [9.17, 15) is 0 Å². The van der Waals surface area contributed by atoms with Crippen LogP contribution in [0.1, 0.15) is 0 Å². The first-order chi connectivity index (χ1) is 32.7. The molecule has 4 heterocycles. The van der Waals surface area contributed by atoms with Crippen molar-refractivity contribution in [2.24, 2.45) is 0 Å². The molecule has 14 aromatic rings. The second-order valence-electron chi connectivity index (χ2n) is 17.3. The highest BCUT2D eigenvalue weighted by molar-refractivity contribution is 7.22. The lowest BCUT2D eigenvalue weighted by atomic mass is 9.98. The van der Waals surface area contributed by atoms with Crippen LogP contribution >= 0.6 is 11.3 Å². The van der Waals surface area contributed by atoms with E-state index in [1.807, 2.05) is 11.3 Å². The van der Waals surface area contributed by atoms with Gasteiger partial charge in [-0.25, -0.2) is 0 Å². The Morgan fingerprint density at radius 2 is 0.591 bits per heavy atom. The van der Waals surface area contributed by atoms with E-state index in [4.69, 9.17) is 0 Å². The van der Waals surface area contributed by atoms with Gasteiger partial charge in [0.2, 0.25) is 0 Å². The first kappa shape index (κ1) is 37.0. The van der Waals surface area contributed by atoms with Crippen molar-refractivity contribution in [1.29, 1.82) is 0 Å². The first-order valence-corrected chi connectivity index (χ1v) is 23.4. The van der Waals surface area contributed by atoms with Crippen LogP contribution in [0.15, 0.2) is 237 Å². The van der Waals surface area contributed by atoms with E-state index >= 15 is 0 Å². The molecule has 0 aliphatic carbocycles. The van der Waals surface area contributed by atoms with E-state index in [1.165, 1.54) is 120 Å². The predicted octanol–water partition coefficient (Wildman–Crippen LogP) is 17.2. The molecular formula is C62H39N3S. The molecule has 0 saturated carbocycles. The van der Waals surface area contributed by atoms with Crippen LogP contribution in [0.4, 0.5) is 0 Å². The average molecular weight is 858 g/mol. The van der Waals surface area contributed by atoms with Crippen LogP contribution in [0.25, 0.3) is 125 Å². The van der Waals surface area contributed by atoms with Crippen molar-refractivity contribution >= 4 is 86.8 Å². The van der Waals surface area contributed by atoms with Crippen molar-refractivity contribution in [2.75, 3.05) is 0 Å². The average Bonchev–Trinajstić information content (AvgIpc) is 4.14. The lowest BCUT2D eigenvalue weighted by molar-refractivity contribution is 1.18. The summed E-state index contributed by atoms with van der Waals surface area (Å²) in [5.41, 5.74) is 16.7. The van der Waals surface area contributed by atoms with Crippen LogP contribution in [0.5, 0.6) is 0 Å². The van der Waals surface area contributed by atoms with Crippen LogP contribution in [-0.4, -0.2) is 13.7 Å². The maximum atomic E-state index is 2.44. The summed E-state index contributed by atoms with van der Waals surface area (Å²) in [6.07, 6.45) is 0. The van der Waals surface area contributed by atoms with Crippen molar-refractivity contribution in [1.82, 2.24) is 13.7 Å². The summed E-state index contributed by atoms with van der Waals surface area (Å²) in [4.78, 5) is 1.28. The number of para-hydroxylation sites is 4. The van der Waals surface area contributed by atoms with Crippen LogP contribution in [0, 0.1) is 0 Å². The molecule has 0 aliphatic heterocycles. The molecule has 66 heavy (non-hydrogen) atoms. The van der Waals surface area contributed by atoms with Gasteiger partial charge in [0.15, 0.2) is 0 Å². The minimum absolute atomic E-state index is 1.14. The fraction of sp³-hybridized carbons (Fsp3) is 0. The summed E-state index contributed by atoms with van der Waals surface area (Å²) in [5.74, 6) is 0. The molecule has 0 saturated heterocycles. The summed E-state index contributed by atoms with van der Waals surface area (Å²) >= 11 is 1.85. The fourth-order valence-corrected chi connectivity index (χ4v) is 11.6. The summed E-state index contributed by atoms with van der Waals surface area (Å²) < 4.78 is 8.53. The Morgan fingerprint density at radius 3 is 1.05 bits per heavy atom. The number of benzene rings is 10. The molecule has 0 radical (unpaired) electrons. The summed E-state index contributed by atoms with van der Waals surface area (Å²) in [5, 5.41) is 8.75. The number of fused-ring (bicyclic) bond motifs is 10. The van der Waals surface area contributed by atoms with E-state index in [-0.39, 0.29) is 0 Å². The summed E-state index contributed by atoms with van der Waals surface area (Å²) in [6.45, 7) is 0. The third kappa shape index (κ3) is 5.69. The van der Waals surface area contributed by atoms with Crippen molar-refractivity contribution in [3.05, 3.63) is 237 Å². The number of aromatic nitrogens is 3. The Hall–Kier alpha value is -8.44. The molecule has 4 aromatic heterocycles. The molecule has 0 unspecified atom stereocenters. The van der Waals surface area contributed by atoms with Gasteiger partial charge in [0.05, 0.1) is 33.1 Å². The van der Waals surface area contributed by atoms with Gasteiger partial charge in [-0.2, -0.15) is 0 Å². The molecular weight excluding hydrogens is 819 g/mol. The summed E-state index contributed by atoms with van der Waals surface area (Å²) in [6, 6.07) is 87.1. The molecule has 3 nitrogen and oxygen atoms in total. The Labute approximate surface area is 384 Å². The van der Waals surface area contributed by atoms with Crippen LogP contribution in [0.2, 0.25) is 0 Å². The van der Waals surface area contributed by atoms with Gasteiger partial charge < -0.3 is 13.7 Å². The molecule has 308 valence electrons. The quantitative estimate of drug-likeness (QED) is 0.158. The Bertz CT molecular complexity index is 3960. The predicted molar refractivity (Wildman–Crippen MR) is 281 cm³/mol. The van der Waals surface area contributed by atoms with Gasteiger partial charge in [-0.15, -0.1) is 11.3 Å². The van der Waals surface area contributed by atoms with Gasteiger partial charge in [0.25, 0.3) is 0 Å². The lowest BCUT2D eigenvalue weighted by Gasteiger charge is -2.10. The maximum absolute atomic E-state index is 2.44. The van der Waals surface area contributed by atoms with Gasteiger partial charge in [-0.1, -0.05) is 127 Å². The molecule has 0 aliphatic rings. The molecule has 0 fully saturated rings. The molecule has 0 bridgehead atoms. The highest BCUT2D eigenvalue weighted by Crippen LogP contribution is 2.42. The SMILES string of the molecule is c1ccc(-n2c3ccccc3c3cc(-c4ccc5c(c4)c4cc(-c6ccc7c(c6)c6ccccc6n7-c6ccccc6)ccc4n5-c4ccc(-c5cc6ccccc6s5)cc4)ccc32)cc1. The van der Waals surface area contributed by atoms with E-state index < -0.39 is 0 Å². The summed E-state index contributed by atoms with van der Waals surface area (Å²) in [7, 11) is 0. The molecule has 0 amide bonds. The molecule has 0 atom stereocenters. The third-order valence-corrected chi connectivity index (χ3v) is 14.8. The largest absolute Gasteiger partial charge is 0.309 e. The fourth-order valence-electron chi connectivity index (χ4n) is 10.6. The van der Waals surface area contributed by atoms with Crippen molar-refractivity contribution in [3.63, 3.8) is 0 Å². The zero-order valence-electron chi connectivity index (χ0n) is 35.8. The number of nitrogens with zero attached hydrogens (tertiary/aromatic N) is 3. The minimum Gasteiger partial charge on any atom is -0.309 e. The molecule has 14 rings (SSSR count). The van der Waals surface area contributed by atoms with E-state index in [0.29, 0.717) is 0 Å². The second kappa shape index (κ2) is 14.5. The van der Waals surface area contributed by atoms with Crippen molar-refractivity contribution in [2.45, 2.75) is 0 Å².